The molecule has 0 unspecified atom stereocenters. The third-order valence-electron chi connectivity index (χ3n) is 0.0825. The van der Waals surface area contributed by atoms with Crippen LogP contribution < -0.4 is 0 Å². The first-order chi connectivity index (χ1) is 5.10. The van der Waals surface area contributed by atoms with E-state index in [1.54, 1.807) is 0 Å². The van der Waals surface area contributed by atoms with Crippen molar-refractivity contribution in [2.75, 3.05) is 0 Å². The molecule has 0 aromatic carbocycles. The fourth-order valence-electron chi connectivity index (χ4n) is 0. The molecule has 0 bridgehead atoms. The lowest BCUT2D eigenvalue weighted by Crippen LogP contribution is -1.33. The summed E-state index contributed by atoms with van der Waals surface area (Å²) in [6.07, 6.45) is 1.50. The van der Waals surface area contributed by atoms with Crippen molar-refractivity contribution in [2.45, 2.75) is 0 Å². The summed E-state index contributed by atoms with van der Waals surface area (Å²) < 4.78 is 0.0895. The Morgan fingerprint density at radius 3 is 1.27 bits per heavy atom. The zero-order valence-electron chi connectivity index (χ0n) is 5.03. The number of carbonyl (C=O) groups excluding carboxylic acids is 2. The minimum Gasteiger partial charge on any atom is -0.222 e. The summed E-state index contributed by atoms with van der Waals surface area (Å²) in [7, 11) is 0. The molecule has 0 rings (SSSR count). The van der Waals surface area contributed by atoms with Gasteiger partial charge in [-0.2, -0.15) is 0 Å². The average Bonchev–Trinajstić information content (AvgIpc) is 1.91. The molecule has 0 radical (unpaired) electrons. The van der Waals surface area contributed by atoms with Gasteiger partial charge in [-0.3, -0.25) is 0 Å². The van der Waals surface area contributed by atoms with Crippen LogP contribution in [0.1, 0.15) is 0 Å². The molecule has 7 heteroatoms. The Labute approximate surface area is 77.8 Å². The van der Waals surface area contributed by atoms with Gasteiger partial charge >= 0.3 is 0 Å². The van der Waals surface area contributed by atoms with Crippen molar-refractivity contribution in [3.63, 3.8) is 0 Å². The van der Waals surface area contributed by atoms with Crippen molar-refractivity contribution in [3.8, 4) is 0 Å². The van der Waals surface area contributed by atoms with Crippen LogP contribution in [0.2, 0.25) is 0 Å². The topological polar surface area (TPSA) is 81.8 Å². The van der Waals surface area contributed by atoms with Crippen LogP contribution in [-0.4, -0.2) is 12.2 Å². The molecular weight excluding hydrogens is 214 g/mol. The molecule has 0 aliphatic carbocycles. The second kappa shape index (κ2) is 22.8. The lowest BCUT2D eigenvalue weighted by Gasteiger charge is -1.64. The van der Waals surface area contributed by atoms with Crippen LogP contribution in [0.15, 0.2) is 10.0 Å². The van der Waals surface area contributed by atoms with Crippen molar-refractivity contribution in [2.24, 2.45) is 0 Å². The van der Waals surface area contributed by atoms with E-state index in [4.69, 9.17) is 55.2 Å². The third kappa shape index (κ3) is 271. The summed E-state index contributed by atoms with van der Waals surface area (Å²) in [6.45, 7) is 0. The lowest BCUT2D eigenvalue weighted by atomic mass is 11.2. The largest absolute Gasteiger partial charge is 0.231 e. The molecule has 62 valence electrons. The zero-order chi connectivity index (χ0) is 9.70. The van der Waals surface area contributed by atoms with Crippen molar-refractivity contribution in [1.82, 2.24) is 0 Å². The number of nitrogens with one attached hydrogen (secondary N) is 2. The van der Waals surface area contributed by atoms with Gasteiger partial charge in [-0.05, 0) is 0 Å². The molecule has 0 heterocycles. The highest BCUT2D eigenvalue weighted by Crippen LogP contribution is 2.05. The van der Waals surface area contributed by atoms with E-state index >= 15 is 0 Å². The standard InChI is InChI=1S/C2HCl3.2CHNO/c3-1-2(4)5;2*2-1-3/h1H;2*2H. The Hall–Kier alpha value is -0.630. The van der Waals surface area contributed by atoms with Gasteiger partial charge in [-0.25, -0.2) is 20.4 Å². The summed E-state index contributed by atoms with van der Waals surface area (Å²) in [4.78, 5) is 16.7. The molecule has 0 saturated heterocycles. The van der Waals surface area contributed by atoms with Gasteiger partial charge in [0, 0.05) is 5.54 Å². The molecule has 0 amide bonds. The van der Waals surface area contributed by atoms with Crippen molar-refractivity contribution >= 4 is 47.0 Å². The van der Waals surface area contributed by atoms with Crippen LogP contribution in [0.25, 0.3) is 0 Å². The highest BCUT2D eigenvalue weighted by atomic mass is 35.5. The smallest absolute Gasteiger partial charge is 0.222 e. The second-order valence-corrected chi connectivity index (χ2v) is 1.83. The molecule has 2 N–H and O–H groups in total. The third-order valence-corrected chi connectivity index (χ3v) is 0.742. The van der Waals surface area contributed by atoms with Crippen molar-refractivity contribution < 1.29 is 9.59 Å². The molecule has 0 fully saturated rings. The van der Waals surface area contributed by atoms with E-state index in [1.165, 1.54) is 0 Å². The SMILES string of the molecule is ClC=C(Cl)Cl.N=C=O.N=C=O. The van der Waals surface area contributed by atoms with Crippen LogP contribution in [-0.2, 0) is 9.59 Å². The Bertz CT molecular complexity index is 152. The summed E-state index contributed by atoms with van der Waals surface area (Å²) >= 11 is 14.8. The number of rotatable bonds is 0. The fraction of sp³-hybridized carbons (Fsp3) is 0. The number of hydrogen-bond donors (Lipinski definition) is 2. The first kappa shape index (κ1) is 16.8. The van der Waals surface area contributed by atoms with Gasteiger partial charge in [0.2, 0.25) is 12.2 Å². The Morgan fingerprint density at radius 1 is 1.18 bits per heavy atom. The van der Waals surface area contributed by atoms with E-state index in [0.717, 1.165) is 17.7 Å². The molecule has 4 nitrogen and oxygen atoms in total. The quantitative estimate of drug-likeness (QED) is 0.482. The van der Waals surface area contributed by atoms with Crippen LogP contribution >= 0.6 is 34.8 Å². The predicted molar refractivity (Wildman–Crippen MR) is 42.5 cm³/mol. The van der Waals surface area contributed by atoms with Crippen molar-refractivity contribution in [1.29, 1.82) is 10.8 Å². The molecule has 0 aliphatic rings. The van der Waals surface area contributed by atoms with Gasteiger partial charge in [-0.15, -0.1) is 0 Å². The van der Waals surface area contributed by atoms with E-state index < -0.39 is 0 Å². The van der Waals surface area contributed by atoms with E-state index in [-0.39, 0.29) is 4.49 Å². The van der Waals surface area contributed by atoms with Gasteiger partial charge in [0.05, 0.1) is 0 Å². The number of halogens is 3. The number of isocyanates is 2. The maximum Gasteiger partial charge on any atom is 0.231 e. The summed E-state index contributed by atoms with van der Waals surface area (Å²) in [5.74, 6) is 0. The monoisotopic (exact) mass is 216 g/mol. The summed E-state index contributed by atoms with van der Waals surface area (Å²) in [5.41, 5.74) is 1.09. The molecular formula is C4H3Cl3N2O2. The normalized spacial score (nSPS) is 4.64. The average molecular weight is 217 g/mol. The molecule has 0 aromatic rings. The van der Waals surface area contributed by atoms with Crippen LogP contribution in [0.4, 0.5) is 0 Å². The van der Waals surface area contributed by atoms with Crippen molar-refractivity contribution in [3.05, 3.63) is 10.0 Å². The fourth-order valence-corrected chi connectivity index (χ4v) is 0. The minimum absolute atomic E-state index is 0.0895. The summed E-state index contributed by atoms with van der Waals surface area (Å²) in [6, 6.07) is 0. The van der Waals surface area contributed by atoms with Gasteiger partial charge in [0.15, 0.2) is 0 Å². The zero-order valence-corrected chi connectivity index (χ0v) is 7.30. The minimum atomic E-state index is 0.0895. The van der Waals surface area contributed by atoms with E-state index in [2.05, 4.69) is 0 Å². The molecule has 0 spiro atoms. The van der Waals surface area contributed by atoms with E-state index in [0.29, 0.717) is 0 Å². The maximum atomic E-state index is 8.35. The molecule has 0 atom stereocenters. The van der Waals surface area contributed by atoms with Gasteiger partial charge < -0.3 is 0 Å². The Balaban J connectivity index is -0.0000000933. The van der Waals surface area contributed by atoms with Crippen LogP contribution in [0.3, 0.4) is 0 Å². The first-order valence-electron chi connectivity index (χ1n) is 1.79. The molecule has 11 heavy (non-hydrogen) atoms. The predicted octanol–water partition coefficient (Wildman–Crippen LogP) is 2.30. The Kier molecular flexibility index (Phi) is 34.7. The maximum absolute atomic E-state index is 8.35. The van der Waals surface area contributed by atoms with E-state index in [9.17, 15) is 0 Å². The summed E-state index contributed by atoms with van der Waals surface area (Å²) in [5, 5.41) is 10.8. The first-order valence-corrected chi connectivity index (χ1v) is 2.99. The molecule has 0 aliphatic heterocycles. The second-order valence-electron chi connectivity index (χ2n) is 0.603. The highest BCUT2D eigenvalue weighted by molar-refractivity contribution is 6.58. The van der Waals surface area contributed by atoms with Crippen LogP contribution in [0.5, 0.6) is 0 Å². The van der Waals surface area contributed by atoms with Gasteiger partial charge in [0.25, 0.3) is 0 Å². The lowest BCUT2D eigenvalue weighted by molar-refractivity contribution is 0.562. The Morgan fingerprint density at radius 2 is 1.27 bits per heavy atom. The van der Waals surface area contributed by atoms with Gasteiger partial charge in [0.1, 0.15) is 4.49 Å². The molecule has 0 aromatic heterocycles. The van der Waals surface area contributed by atoms with E-state index in [1.807, 2.05) is 0 Å². The number of hydrogen-bond acceptors (Lipinski definition) is 4. The van der Waals surface area contributed by atoms with Gasteiger partial charge in [-0.1, -0.05) is 34.8 Å². The highest BCUT2D eigenvalue weighted by Gasteiger charge is 1.70. The molecule has 0 saturated carbocycles. The van der Waals surface area contributed by atoms with Crippen LogP contribution in [0, 0.1) is 10.8 Å².